The maximum atomic E-state index is 13.2. The molecule has 0 aliphatic rings. The van der Waals surface area contributed by atoms with E-state index in [9.17, 15) is 32.3 Å². The Morgan fingerprint density at radius 3 is 1.49 bits per heavy atom. The van der Waals surface area contributed by atoms with Crippen molar-refractivity contribution in [2.24, 2.45) is 14.1 Å². The zero-order chi connectivity index (χ0) is 50.9. The molecule has 8 aromatic rings. The third-order valence-electron chi connectivity index (χ3n) is 8.16. The van der Waals surface area contributed by atoms with Crippen LogP contribution >= 0.6 is 25.2 Å². The number of amides is 1. The summed E-state index contributed by atoms with van der Waals surface area (Å²) in [6, 6.07) is 33.7. The molecule has 0 unspecified atom stereocenters. The van der Waals surface area contributed by atoms with Crippen molar-refractivity contribution in [2.75, 3.05) is 16.8 Å². The second-order valence-corrected chi connectivity index (χ2v) is 13.9. The van der Waals surface area contributed by atoms with Crippen molar-refractivity contribution < 1.29 is 44.2 Å². The number of nitrogens with one attached hydrogen (secondary N) is 1. The molecule has 5 aromatic heterocycles. The molecule has 24 heteroatoms. The summed E-state index contributed by atoms with van der Waals surface area (Å²) in [7, 11) is 2.86. The standard InChI is InChI=1S/C17H14FN5O2.C11H10FN3.C7H6F.C6H6N2O3.C4H4ClN3.BrH.Zn/c1-23-16(24)8-6-14(22-23)17(25)19-15-7-5-13(20-21-15)10-11-3-2-4-12(18)9-11;12-9-3-1-2-8(6-9)7-10-4-5-11(13)15-14-10;1-6-3-2-4-7(8)5-6;1-8-5(9)3-2-4(7-8)6(10)11;5-3-1-2-4(6)8-7-3;;/h2-9H,10H2,1H3,(H,19,21,25);1-6H,7H2,(H2,13,15);2-5H,1H2;2-3H,1H3,(H,10,11);1-2H,(H2,6,8);1H;/q;;-1;;;;+2/p-1. The van der Waals surface area contributed by atoms with E-state index in [0.29, 0.717) is 40.9 Å². The van der Waals surface area contributed by atoms with E-state index in [0.717, 1.165) is 32.3 Å². The van der Waals surface area contributed by atoms with Crippen molar-refractivity contribution in [1.82, 2.24) is 50.2 Å². The predicted molar refractivity (Wildman–Crippen MR) is 252 cm³/mol. The van der Waals surface area contributed by atoms with Gasteiger partial charge in [-0.1, -0.05) is 41.9 Å². The summed E-state index contributed by atoms with van der Waals surface area (Å²) < 4.78 is 40.2. The maximum absolute atomic E-state index is 13.2. The van der Waals surface area contributed by atoms with Crippen molar-refractivity contribution >= 4 is 54.6 Å². The van der Waals surface area contributed by atoms with E-state index >= 15 is 0 Å². The summed E-state index contributed by atoms with van der Waals surface area (Å²) in [5.74, 6) is -1.38. The van der Waals surface area contributed by atoms with Gasteiger partial charge in [0.1, 0.15) is 29.0 Å². The first-order chi connectivity index (χ1) is 32.9. The van der Waals surface area contributed by atoms with Gasteiger partial charge in [0.05, 0.1) is 17.2 Å². The number of nitrogens with zero attached hydrogens (tertiary/aromatic N) is 10. The third kappa shape index (κ3) is 21.2. The molecule has 0 spiro atoms. The second kappa shape index (κ2) is 29.1. The number of aromatic nitrogens is 10. The summed E-state index contributed by atoms with van der Waals surface area (Å²) in [6.45, 7) is 3.54. The summed E-state index contributed by atoms with van der Waals surface area (Å²) in [5.41, 5.74) is 13.7. The number of rotatable bonds is 7. The molecule has 69 heavy (non-hydrogen) atoms. The fourth-order valence-electron chi connectivity index (χ4n) is 4.98. The molecule has 0 saturated heterocycles. The average Bonchev–Trinajstić information content (AvgIpc) is 3.32. The van der Waals surface area contributed by atoms with Crippen molar-refractivity contribution in [3.05, 3.63) is 223 Å². The molecular formula is C45H40BrClF3N13O5Zn. The van der Waals surface area contributed by atoms with Crippen LogP contribution < -0.4 is 27.9 Å². The Morgan fingerprint density at radius 2 is 1.10 bits per heavy atom. The van der Waals surface area contributed by atoms with Crippen LogP contribution in [0.25, 0.3) is 0 Å². The Hall–Kier alpha value is -7.75. The molecule has 0 bridgehead atoms. The minimum atomic E-state index is -1.14. The van der Waals surface area contributed by atoms with Gasteiger partial charge < -0.3 is 21.9 Å². The number of hydrogen-bond acceptors (Lipinski definition) is 14. The van der Waals surface area contributed by atoms with Gasteiger partial charge in [0.25, 0.3) is 17.0 Å². The van der Waals surface area contributed by atoms with Crippen LogP contribution in [0, 0.1) is 24.4 Å². The molecule has 0 radical (unpaired) electrons. The number of aromatic carboxylic acids is 1. The Morgan fingerprint density at radius 1 is 0.638 bits per heavy atom. The number of carboxylic acid groups (broad SMARTS) is 1. The molecule has 0 atom stereocenters. The van der Waals surface area contributed by atoms with Crippen LogP contribution in [0.2, 0.25) is 5.15 Å². The molecule has 18 nitrogen and oxygen atoms in total. The molecule has 0 aliphatic heterocycles. The van der Waals surface area contributed by atoms with Gasteiger partial charge >= 0.3 is 35.9 Å². The van der Waals surface area contributed by atoms with Gasteiger partial charge in [0, 0.05) is 39.1 Å². The van der Waals surface area contributed by atoms with Gasteiger partial charge in [-0.25, -0.2) is 27.3 Å². The Bertz CT molecular complexity index is 2980. The molecule has 6 N–H and O–H groups in total. The van der Waals surface area contributed by atoms with Gasteiger partial charge in [-0.3, -0.25) is 14.4 Å². The molecule has 0 fully saturated rings. The van der Waals surface area contributed by atoms with E-state index < -0.39 is 11.9 Å². The second-order valence-electron chi connectivity index (χ2n) is 13.5. The molecule has 0 saturated carbocycles. The molecule has 352 valence electrons. The Labute approximate surface area is 413 Å². The summed E-state index contributed by atoms with van der Waals surface area (Å²) in [6.07, 6.45) is 0.992. The van der Waals surface area contributed by atoms with E-state index in [1.165, 1.54) is 85.0 Å². The minimum absolute atomic E-state index is 0.0905. The average molecular weight is 1080 g/mol. The first-order valence-corrected chi connectivity index (χ1v) is 26.9. The molecule has 0 aliphatic carbocycles. The van der Waals surface area contributed by atoms with Crippen LogP contribution in [-0.2, 0) is 43.3 Å². The number of anilines is 3. The Balaban J connectivity index is 0.000000244. The summed E-state index contributed by atoms with van der Waals surface area (Å²) in [5, 5.41) is 41.2. The van der Waals surface area contributed by atoms with Crippen LogP contribution in [0.4, 0.5) is 30.6 Å². The van der Waals surface area contributed by atoms with Crippen LogP contribution in [0.3, 0.4) is 0 Å². The van der Waals surface area contributed by atoms with E-state index in [-0.39, 0.29) is 45.8 Å². The fraction of sp³-hybridized carbons (Fsp3) is 0.0889. The van der Waals surface area contributed by atoms with Gasteiger partial charge in [0.15, 0.2) is 16.7 Å². The topological polar surface area (TPSA) is 266 Å². The first-order valence-electron chi connectivity index (χ1n) is 19.6. The number of carbonyl (C=O) groups excluding carboxylic acids is 1. The predicted octanol–water partition coefficient (Wildman–Crippen LogP) is 6.38. The molecule has 1 amide bonds. The fourth-order valence-corrected chi connectivity index (χ4v) is 5.08. The van der Waals surface area contributed by atoms with Gasteiger partial charge in [-0.15, -0.1) is 32.5 Å². The first kappa shape index (κ1) is 55.6. The molecule has 3 aromatic carbocycles. The van der Waals surface area contributed by atoms with Crippen LogP contribution in [0.5, 0.6) is 0 Å². The number of benzene rings is 3. The van der Waals surface area contributed by atoms with E-state index in [4.69, 9.17) is 28.2 Å². The molecular weight excluding hydrogens is 1040 g/mol. The van der Waals surface area contributed by atoms with Gasteiger partial charge in [-0.2, -0.15) is 38.9 Å². The number of nitrogens with two attached hydrogens (primary N) is 2. The molecule has 5 heterocycles. The van der Waals surface area contributed by atoms with E-state index in [1.807, 2.05) is 6.07 Å². The number of hydrogen-bond donors (Lipinski definition) is 4. The SMILES string of the molecule is Cn1nc(C(=O)Nc2ccc(Cc3cccc(F)c3)nn2)ccc1=O.Cn1nc(C(=O)O)ccc1=O.Nc1ccc(Cc2cccc(F)c2)nn1.Nc1ccc(Cl)nn1.[CH2-]c1cccc(F)c1.[Zn+][Br]. The van der Waals surface area contributed by atoms with Crippen LogP contribution in [0.1, 0.15) is 49.1 Å². The van der Waals surface area contributed by atoms with Crippen molar-refractivity contribution in [1.29, 1.82) is 0 Å². The number of carboxylic acids is 1. The van der Waals surface area contributed by atoms with Gasteiger partial charge in [0.2, 0.25) is 0 Å². The summed E-state index contributed by atoms with van der Waals surface area (Å²) >= 11 is 9.63. The molecule has 8 rings (SSSR count). The van der Waals surface area contributed by atoms with Gasteiger partial charge in [-0.05, 0) is 83.9 Å². The number of aryl methyl sites for hydroxylation is 2. The Kier molecular flexibility index (Phi) is 23.4. The third-order valence-corrected chi connectivity index (χ3v) is 8.37. The van der Waals surface area contributed by atoms with Crippen LogP contribution in [-0.4, -0.2) is 67.1 Å². The number of carbonyl (C=O) groups is 2. The quantitative estimate of drug-likeness (QED) is 0.0996. The van der Waals surface area contributed by atoms with E-state index in [1.54, 1.807) is 66.7 Å². The summed E-state index contributed by atoms with van der Waals surface area (Å²) in [4.78, 5) is 44.4. The zero-order valence-corrected chi connectivity index (χ0v) is 41.9. The van der Waals surface area contributed by atoms with Crippen molar-refractivity contribution in [3.63, 3.8) is 0 Å². The normalized spacial score (nSPS) is 9.75. The van der Waals surface area contributed by atoms with Crippen molar-refractivity contribution in [2.45, 2.75) is 12.8 Å². The zero-order valence-electron chi connectivity index (χ0n) is 36.6. The van der Waals surface area contributed by atoms with Crippen LogP contribution in [0.15, 0.2) is 143 Å². The monoisotopic (exact) mass is 1080 g/mol. The van der Waals surface area contributed by atoms with E-state index in [2.05, 4.69) is 66.7 Å². The van der Waals surface area contributed by atoms with Crippen molar-refractivity contribution in [3.8, 4) is 0 Å². The number of nitrogen functional groups attached to an aromatic ring is 2. The number of halogens is 5.